The third kappa shape index (κ3) is 3.23. The molecule has 19 heavy (non-hydrogen) atoms. The van der Waals surface area contributed by atoms with E-state index in [0.717, 1.165) is 5.75 Å². The molecule has 0 atom stereocenters. The predicted octanol–water partition coefficient (Wildman–Crippen LogP) is 3.31. The Labute approximate surface area is 117 Å². The van der Waals surface area contributed by atoms with Crippen LogP contribution in [0.25, 0.3) is 0 Å². The summed E-state index contributed by atoms with van der Waals surface area (Å²) in [6, 6.07) is 6.22. The summed E-state index contributed by atoms with van der Waals surface area (Å²) < 4.78 is 9.67. The monoisotopic (exact) mass is 277 g/mol. The largest absolute Gasteiger partial charge is 0.487 e. The summed E-state index contributed by atoms with van der Waals surface area (Å²) in [4.78, 5) is 0. The van der Waals surface area contributed by atoms with Gasteiger partial charge >= 0.3 is 0 Å². The Hall–Kier alpha value is -1.62. The predicted molar refractivity (Wildman–Crippen MR) is 78.5 cm³/mol. The fourth-order valence-corrected chi connectivity index (χ4v) is 2.25. The lowest BCUT2D eigenvalue weighted by Crippen LogP contribution is -2.14. The highest BCUT2D eigenvalue weighted by molar-refractivity contribution is 7.09. The molecule has 0 fully saturated rings. The highest BCUT2D eigenvalue weighted by Crippen LogP contribution is 2.32. The number of aromatic nitrogens is 2. The number of aryl methyl sites for hydroxylation is 1. The minimum absolute atomic E-state index is 0.0349. The van der Waals surface area contributed by atoms with E-state index in [1.54, 1.807) is 0 Å². The van der Waals surface area contributed by atoms with E-state index in [-0.39, 0.29) is 5.41 Å². The van der Waals surface area contributed by atoms with E-state index in [2.05, 4.69) is 43.3 Å². The molecule has 102 valence electrons. The van der Waals surface area contributed by atoms with Crippen LogP contribution >= 0.6 is 11.5 Å². The average molecular weight is 277 g/mol. The van der Waals surface area contributed by atoms with E-state index in [9.17, 15) is 0 Å². The molecular formula is C14H19N3OS. The molecule has 2 N–H and O–H groups in total. The van der Waals surface area contributed by atoms with Gasteiger partial charge in [-0.1, -0.05) is 43.0 Å². The van der Waals surface area contributed by atoms with Crippen LogP contribution in [0, 0.1) is 6.92 Å². The Morgan fingerprint density at radius 1 is 1.32 bits per heavy atom. The van der Waals surface area contributed by atoms with Crippen molar-refractivity contribution in [2.75, 3.05) is 5.73 Å². The molecule has 1 heterocycles. The summed E-state index contributed by atoms with van der Waals surface area (Å²) in [5.41, 5.74) is 8.92. The Kier molecular flexibility index (Phi) is 3.75. The molecule has 0 saturated carbocycles. The van der Waals surface area contributed by atoms with Gasteiger partial charge in [0.1, 0.15) is 23.1 Å². The van der Waals surface area contributed by atoms with Gasteiger partial charge in [-0.15, -0.1) is 5.10 Å². The number of hydrogen-bond acceptors (Lipinski definition) is 5. The van der Waals surface area contributed by atoms with Crippen LogP contribution in [0.2, 0.25) is 0 Å². The van der Waals surface area contributed by atoms with Gasteiger partial charge in [-0.3, -0.25) is 0 Å². The number of nitrogens with two attached hydrogens (primary N) is 1. The Morgan fingerprint density at radius 2 is 2.05 bits per heavy atom. The number of rotatable bonds is 3. The molecule has 4 nitrogen and oxygen atoms in total. The van der Waals surface area contributed by atoms with Crippen LogP contribution in [0.1, 0.15) is 37.6 Å². The second kappa shape index (κ2) is 5.17. The molecule has 0 spiro atoms. The zero-order valence-corrected chi connectivity index (χ0v) is 12.5. The lowest BCUT2D eigenvalue weighted by atomic mass is 9.85. The first-order valence-corrected chi connectivity index (χ1v) is 6.96. The normalized spacial score (nSPS) is 11.6. The maximum atomic E-state index is 5.87. The second-order valence-electron chi connectivity index (χ2n) is 5.62. The van der Waals surface area contributed by atoms with E-state index < -0.39 is 0 Å². The minimum Gasteiger partial charge on any atom is -0.487 e. The van der Waals surface area contributed by atoms with Crippen molar-refractivity contribution in [3.63, 3.8) is 0 Å². The Balaban J connectivity index is 2.23. The standard InChI is InChI=1S/C14H19N3OS/c1-9-5-6-12(10(7-9)14(2,3)4)18-8-11-13(15)19-17-16-11/h5-7H,8,15H2,1-4H3. The van der Waals surface area contributed by atoms with Crippen molar-refractivity contribution >= 4 is 16.5 Å². The molecule has 0 bridgehead atoms. The summed E-state index contributed by atoms with van der Waals surface area (Å²) >= 11 is 1.19. The summed E-state index contributed by atoms with van der Waals surface area (Å²) in [6.45, 7) is 8.96. The summed E-state index contributed by atoms with van der Waals surface area (Å²) in [7, 11) is 0. The number of nitrogens with zero attached hydrogens (tertiary/aromatic N) is 2. The molecule has 0 aliphatic rings. The molecule has 2 rings (SSSR count). The molecule has 5 heteroatoms. The van der Waals surface area contributed by atoms with Gasteiger partial charge in [-0.25, -0.2) is 0 Å². The van der Waals surface area contributed by atoms with Crippen molar-refractivity contribution in [1.82, 2.24) is 9.59 Å². The number of anilines is 1. The van der Waals surface area contributed by atoms with Gasteiger partial charge in [0.2, 0.25) is 0 Å². The third-order valence-electron chi connectivity index (χ3n) is 2.89. The molecule has 0 radical (unpaired) electrons. The van der Waals surface area contributed by atoms with Gasteiger partial charge in [0, 0.05) is 11.5 Å². The summed E-state index contributed by atoms with van der Waals surface area (Å²) in [6.07, 6.45) is 0. The molecule has 0 aliphatic carbocycles. The van der Waals surface area contributed by atoms with Crippen molar-refractivity contribution in [2.45, 2.75) is 39.7 Å². The van der Waals surface area contributed by atoms with Crippen LogP contribution in [-0.2, 0) is 12.0 Å². The minimum atomic E-state index is 0.0349. The van der Waals surface area contributed by atoms with E-state index >= 15 is 0 Å². The first-order chi connectivity index (χ1) is 8.88. The number of hydrogen-bond donors (Lipinski definition) is 1. The third-order valence-corrected chi connectivity index (χ3v) is 3.49. The van der Waals surface area contributed by atoms with Crippen LogP contribution in [-0.4, -0.2) is 9.59 Å². The lowest BCUT2D eigenvalue weighted by Gasteiger charge is -2.23. The van der Waals surface area contributed by atoms with Crippen LogP contribution in [0.3, 0.4) is 0 Å². The van der Waals surface area contributed by atoms with Gasteiger partial charge in [0.15, 0.2) is 0 Å². The first-order valence-electron chi connectivity index (χ1n) is 6.18. The van der Waals surface area contributed by atoms with Crippen molar-refractivity contribution in [2.24, 2.45) is 0 Å². The fraction of sp³-hybridized carbons (Fsp3) is 0.429. The van der Waals surface area contributed by atoms with Gasteiger partial charge in [-0.2, -0.15) is 0 Å². The first kappa shape index (κ1) is 13.8. The lowest BCUT2D eigenvalue weighted by molar-refractivity contribution is 0.293. The Morgan fingerprint density at radius 3 is 2.63 bits per heavy atom. The highest BCUT2D eigenvalue weighted by atomic mass is 32.1. The van der Waals surface area contributed by atoms with Gasteiger partial charge in [-0.05, 0) is 24.0 Å². The van der Waals surface area contributed by atoms with E-state index in [4.69, 9.17) is 10.5 Å². The van der Waals surface area contributed by atoms with Gasteiger partial charge < -0.3 is 10.5 Å². The summed E-state index contributed by atoms with van der Waals surface area (Å²) in [5, 5.41) is 4.57. The van der Waals surface area contributed by atoms with Crippen molar-refractivity contribution in [3.8, 4) is 5.75 Å². The fourth-order valence-electron chi connectivity index (χ4n) is 1.82. The quantitative estimate of drug-likeness (QED) is 0.935. The van der Waals surface area contributed by atoms with Crippen molar-refractivity contribution < 1.29 is 4.74 Å². The molecule has 1 aromatic carbocycles. The smallest absolute Gasteiger partial charge is 0.136 e. The van der Waals surface area contributed by atoms with Crippen LogP contribution in [0.15, 0.2) is 18.2 Å². The zero-order valence-electron chi connectivity index (χ0n) is 11.7. The van der Waals surface area contributed by atoms with Crippen LogP contribution < -0.4 is 10.5 Å². The molecule has 0 aliphatic heterocycles. The molecule has 2 aromatic rings. The maximum Gasteiger partial charge on any atom is 0.136 e. The maximum absolute atomic E-state index is 5.87. The molecular weight excluding hydrogens is 258 g/mol. The number of ether oxygens (including phenoxy) is 1. The molecule has 0 amide bonds. The number of nitrogen functional groups attached to an aromatic ring is 1. The molecule has 0 unspecified atom stereocenters. The highest BCUT2D eigenvalue weighted by Gasteiger charge is 2.19. The van der Waals surface area contributed by atoms with E-state index in [1.165, 1.54) is 22.7 Å². The van der Waals surface area contributed by atoms with Crippen molar-refractivity contribution in [3.05, 3.63) is 35.0 Å². The molecule has 0 saturated heterocycles. The van der Waals surface area contributed by atoms with Crippen LogP contribution in [0.5, 0.6) is 5.75 Å². The van der Waals surface area contributed by atoms with Crippen molar-refractivity contribution in [1.29, 1.82) is 0 Å². The zero-order chi connectivity index (χ0) is 14.0. The summed E-state index contributed by atoms with van der Waals surface area (Å²) in [5.74, 6) is 0.880. The van der Waals surface area contributed by atoms with Crippen LogP contribution in [0.4, 0.5) is 5.00 Å². The topological polar surface area (TPSA) is 61.0 Å². The Bertz CT molecular complexity index is 572. The van der Waals surface area contributed by atoms with Gasteiger partial charge in [0.05, 0.1) is 0 Å². The number of benzene rings is 1. The van der Waals surface area contributed by atoms with E-state index in [0.29, 0.717) is 17.3 Å². The second-order valence-corrected chi connectivity index (χ2v) is 6.41. The van der Waals surface area contributed by atoms with E-state index in [1.807, 2.05) is 12.1 Å². The van der Waals surface area contributed by atoms with Gasteiger partial charge in [0.25, 0.3) is 0 Å². The average Bonchev–Trinajstić information content (AvgIpc) is 2.72. The SMILES string of the molecule is Cc1ccc(OCc2nnsc2N)c(C(C)(C)C)c1. The molecule has 1 aromatic heterocycles.